The average molecular weight is 481 g/mol. The molecule has 0 radical (unpaired) electrons. The Bertz CT molecular complexity index is 1350. The fourth-order valence-electron chi connectivity index (χ4n) is 5.12. The third-order valence-electron chi connectivity index (χ3n) is 6.56. The first-order valence-corrected chi connectivity index (χ1v) is 11.0. The Kier molecular flexibility index (Phi) is 5.09. The number of halogens is 3. The molecule has 0 amide bonds. The van der Waals surface area contributed by atoms with E-state index in [0.29, 0.717) is 29.2 Å². The van der Waals surface area contributed by atoms with Crippen LogP contribution >= 0.6 is 0 Å². The number of carbonyl (C=O) groups excluding carboxylic acids is 1. The third kappa shape index (κ3) is 3.70. The van der Waals surface area contributed by atoms with Crippen molar-refractivity contribution in [3.8, 4) is 17.6 Å². The van der Waals surface area contributed by atoms with Crippen LogP contribution in [-0.2, 0) is 11.0 Å². The quantitative estimate of drug-likeness (QED) is 0.620. The summed E-state index contributed by atoms with van der Waals surface area (Å²) in [5.74, 6) is -0.188. The van der Waals surface area contributed by atoms with Crippen LogP contribution in [0, 0.1) is 16.7 Å². The summed E-state index contributed by atoms with van der Waals surface area (Å²) < 4.78 is 52.8. The first-order valence-electron chi connectivity index (χ1n) is 11.0. The van der Waals surface area contributed by atoms with Gasteiger partial charge < -0.3 is 15.2 Å². The summed E-state index contributed by atoms with van der Waals surface area (Å²) in [5.41, 5.74) is 6.10. The van der Waals surface area contributed by atoms with Gasteiger partial charge in [-0.25, -0.2) is 0 Å². The lowest BCUT2D eigenvalue weighted by molar-refractivity contribution is -0.137. The Morgan fingerprint density at radius 1 is 1.11 bits per heavy atom. The molecule has 1 aliphatic carbocycles. The molecular weight excluding hydrogens is 459 g/mol. The van der Waals surface area contributed by atoms with Gasteiger partial charge in [-0.1, -0.05) is 32.0 Å². The number of allylic oxidation sites excluding steroid dienone is 3. The number of nitriles is 1. The van der Waals surface area contributed by atoms with Gasteiger partial charge in [-0.2, -0.15) is 18.4 Å². The number of nitrogens with two attached hydrogens (primary N) is 1. The van der Waals surface area contributed by atoms with Gasteiger partial charge in [-0.3, -0.25) is 9.69 Å². The largest absolute Gasteiger partial charge is 0.454 e. The molecule has 2 aromatic carbocycles. The van der Waals surface area contributed by atoms with E-state index in [1.807, 2.05) is 13.8 Å². The van der Waals surface area contributed by atoms with Crippen molar-refractivity contribution in [3.05, 3.63) is 76.3 Å². The van der Waals surface area contributed by atoms with Crippen LogP contribution in [0.3, 0.4) is 0 Å². The van der Waals surface area contributed by atoms with Crippen LogP contribution in [0.2, 0.25) is 0 Å². The number of Topliss-reactive ketones (excluding diaryl/α,β-unsaturated/α-hetero) is 1. The Labute approximate surface area is 200 Å². The molecule has 2 heterocycles. The molecule has 0 spiro atoms. The topological polar surface area (TPSA) is 88.6 Å². The van der Waals surface area contributed by atoms with E-state index in [-0.39, 0.29) is 41.7 Å². The van der Waals surface area contributed by atoms with Crippen LogP contribution in [0.4, 0.5) is 18.9 Å². The van der Waals surface area contributed by atoms with Crippen molar-refractivity contribution in [2.45, 2.75) is 38.8 Å². The van der Waals surface area contributed by atoms with Crippen LogP contribution in [-0.4, -0.2) is 12.6 Å². The standard InChI is InChI=1S/C26H22F3N3O3/c1-25(2)10-18-23(19(33)11-25)22(14-7-8-20-21(9-14)35-13-34-20)15(12-30)24(31)32(18)17-6-4-3-5-16(17)26(27,28)29/h3-9,22H,10-11,13,31H2,1-2H3/t22-/m1/s1. The van der Waals surface area contributed by atoms with Gasteiger partial charge in [0.1, 0.15) is 5.82 Å². The van der Waals surface area contributed by atoms with Crippen molar-refractivity contribution in [1.29, 1.82) is 5.26 Å². The Balaban J connectivity index is 1.78. The lowest BCUT2D eigenvalue weighted by Gasteiger charge is -2.44. The zero-order chi connectivity index (χ0) is 25.1. The number of nitrogens with zero attached hydrogens (tertiary/aromatic N) is 2. The number of hydrogen-bond donors (Lipinski definition) is 1. The molecule has 0 aromatic heterocycles. The molecule has 2 aliphatic heterocycles. The number of ether oxygens (including phenoxy) is 2. The van der Waals surface area contributed by atoms with Crippen LogP contribution in [0.15, 0.2) is 65.1 Å². The molecule has 2 N–H and O–H groups in total. The van der Waals surface area contributed by atoms with Crippen LogP contribution < -0.4 is 20.1 Å². The maximum atomic E-state index is 14.0. The normalized spacial score (nSPS) is 21.2. The summed E-state index contributed by atoms with van der Waals surface area (Å²) in [7, 11) is 0. The van der Waals surface area contributed by atoms with Gasteiger partial charge in [0.2, 0.25) is 6.79 Å². The second kappa shape index (κ2) is 7.80. The van der Waals surface area contributed by atoms with Gasteiger partial charge in [-0.15, -0.1) is 0 Å². The van der Waals surface area contributed by atoms with Crippen LogP contribution in [0.25, 0.3) is 0 Å². The van der Waals surface area contributed by atoms with E-state index in [2.05, 4.69) is 6.07 Å². The molecule has 0 bridgehead atoms. The summed E-state index contributed by atoms with van der Waals surface area (Å²) in [5, 5.41) is 10.1. The number of hydrogen-bond acceptors (Lipinski definition) is 6. The Hall–Kier alpha value is -3.93. The molecule has 180 valence electrons. The lowest BCUT2D eigenvalue weighted by Crippen LogP contribution is -2.42. The van der Waals surface area contributed by atoms with Crippen molar-refractivity contribution >= 4 is 11.5 Å². The van der Waals surface area contributed by atoms with E-state index >= 15 is 0 Å². The summed E-state index contributed by atoms with van der Waals surface area (Å²) >= 11 is 0. The van der Waals surface area contributed by atoms with Crippen molar-refractivity contribution in [3.63, 3.8) is 0 Å². The third-order valence-corrected chi connectivity index (χ3v) is 6.56. The summed E-state index contributed by atoms with van der Waals surface area (Å²) in [6.45, 7) is 3.82. The number of carbonyl (C=O) groups is 1. The SMILES string of the molecule is CC1(C)CC(=O)C2=C(C1)N(c1ccccc1C(F)(F)F)C(N)=C(C#N)[C@H]2c1ccc2c(c1)OCO2. The maximum absolute atomic E-state index is 14.0. The Morgan fingerprint density at radius 3 is 2.54 bits per heavy atom. The van der Waals surface area contributed by atoms with Crippen molar-refractivity contribution in [2.75, 3.05) is 11.7 Å². The monoisotopic (exact) mass is 481 g/mol. The molecule has 35 heavy (non-hydrogen) atoms. The van der Waals surface area contributed by atoms with Crippen LogP contribution in [0.5, 0.6) is 11.5 Å². The van der Waals surface area contributed by atoms with Gasteiger partial charge in [0.25, 0.3) is 0 Å². The molecule has 5 rings (SSSR count). The molecule has 0 unspecified atom stereocenters. The van der Waals surface area contributed by atoms with E-state index in [1.54, 1.807) is 18.2 Å². The zero-order valence-electron chi connectivity index (χ0n) is 19.1. The highest BCUT2D eigenvalue weighted by molar-refractivity contribution is 6.01. The highest BCUT2D eigenvalue weighted by atomic mass is 19.4. The fraction of sp³-hybridized carbons (Fsp3) is 0.308. The van der Waals surface area contributed by atoms with Crippen LogP contribution in [0.1, 0.15) is 43.7 Å². The second-order valence-electron chi connectivity index (χ2n) is 9.61. The van der Waals surface area contributed by atoms with Gasteiger partial charge >= 0.3 is 6.18 Å². The Morgan fingerprint density at radius 2 is 1.83 bits per heavy atom. The summed E-state index contributed by atoms with van der Waals surface area (Å²) in [6, 6.07) is 12.2. The first kappa shape index (κ1) is 22.8. The number of alkyl halides is 3. The predicted octanol–water partition coefficient (Wildman–Crippen LogP) is 5.37. The van der Waals surface area contributed by atoms with Gasteiger partial charge in [0.05, 0.1) is 28.8 Å². The minimum absolute atomic E-state index is 0.00708. The van der Waals surface area contributed by atoms with Crippen molar-refractivity contribution in [1.82, 2.24) is 0 Å². The molecule has 0 saturated carbocycles. The van der Waals surface area contributed by atoms with Gasteiger partial charge in [0, 0.05) is 17.7 Å². The molecule has 6 nitrogen and oxygen atoms in total. The smallest absolute Gasteiger partial charge is 0.418 e. The van der Waals surface area contributed by atoms with Gasteiger partial charge in [-0.05, 0) is 41.7 Å². The molecule has 0 saturated heterocycles. The number of anilines is 1. The highest BCUT2D eigenvalue weighted by Gasteiger charge is 2.46. The summed E-state index contributed by atoms with van der Waals surface area (Å²) in [4.78, 5) is 14.8. The molecule has 3 aliphatic rings. The number of ketones is 1. The number of para-hydroxylation sites is 1. The van der Waals surface area contributed by atoms with E-state index in [0.717, 1.165) is 6.07 Å². The van der Waals surface area contributed by atoms with Crippen molar-refractivity contribution < 1.29 is 27.4 Å². The second-order valence-corrected chi connectivity index (χ2v) is 9.61. The van der Waals surface area contributed by atoms with Gasteiger partial charge in [0.15, 0.2) is 17.3 Å². The minimum Gasteiger partial charge on any atom is -0.454 e. The van der Waals surface area contributed by atoms with E-state index in [1.165, 1.54) is 23.1 Å². The number of rotatable bonds is 2. The molecular formula is C26H22F3N3O3. The summed E-state index contributed by atoms with van der Waals surface area (Å²) in [6.07, 6.45) is -4.16. The highest BCUT2D eigenvalue weighted by Crippen LogP contribution is 2.52. The molecule has 0 fully saturated rings. The molecule has 1 atom stereocenters. The lowest BCUT2D eigenvalue weighted by atomic mass is 9.68. The van der Waals surface area contributed by atoms with E-state index < -0.39 is 23.1 Å². The molecule has 9 heteroatoms. The predicted molar refractivity (Wildman–Crippen MR) is 121 cm³/mol. The number of fused-ring (bicyclic) bond motifs is 1. The average Bonchev–Trinajstić information content (AvgIpc) is 3.25. The van der Waals surface area contributed by atoms with E-state index in [4.69, 9.17) is 15.2 Å². The minimum atomic E-state index is -4.66. The van der Waals surface area contributed by atoms with E-state index in [9.17, 15) is 23.2 Å². The molecule has 2 aromatic rings. The fourth-order valence-corrected chi connectivity index (χ4v) is 5.12. The van der Waals surface area contributed by atoms with Crippen molar-refractivity contribution in [2.24, 2.45) is 11.1 Å². The maximum Gasteiger partial charge on any atom is 0.418 e. The first-order chi connectivity index (χ1) is 16.5. The zero-order valence-corrected chi connectivity index (χ0v) is 19.1. The number of benzene rings is 2.